The van der Waals surface area contributed by atoms with Crippen molar-refractivity contribution in [2.24, 2.45) is 5.73 Å². The molecule has 11 heteroatoms. The van der Waals surface area contributed by atoms with Crippen molar-refractivity contribution in [1.82, 2.24) is 10.3 Å². The van der Waals surface area contributed by atoms with Crippen LogP contribution in [0.4, 0.5) is 4.79 Å². The van der Waals surface area contributed by atoms with Gasteiger partial charge in [-0.15, -0.1) is 0 Å². The number of hydrogen-bond acceptors (Lipinski definition) is 8. The van der Waals surface area contributed by atoms with Crippen molar-refractivity contribution in [3.05, 3.63) is 36.0 Å². The Hall–Kier alpha value is -3.60. The van der Waals surface area contributed by atoms with Crippen LogP contribution in [0, 0.1) is 0 Å². The van der Waals surface area contributed by atoms with E-state index < -0.39 is 48.5 Å². The van der Waals surface area contributed by atoms with Crippen molar-refractivity contribution in [3.63, 3.8) is 0 Å². The van der Waals surface area contributed by atoms with Gasteiger partial charge in [0, 0.05) is 36.9 Å². The number of aromatic amines is 1. The largest absolute Gasteiger partial charge is 0.511 e. The molecule has 0 aliphatic rings. The Kier molecular flexibility index (Phi) is 9.22. The number of nitrogens with two attached hydrogens (primary N) is 1. The van der Waals surface area contributed by atoms with Gasteiger partial charge in [0.15, 0.2) is 0 Å². The lowest BCUT2D eigenvalue weighted by Gasteiger charge is -2.21. The molecular weight excluding hydrogens is 434 g/mol. The van der Waals surface area contributed by atoms with Gasteiger partial charge in [0.25, 0.3) is 0 Å². The van der Waals surface area contributed by atoms with Crippen molar-refractivity contribution >= 4 is 34.9 Å². The van der Waals surface area contributed by atoms with Crippen molar-refractivity contribution in [2.75, 3.05) is 0 Å². The fraction of sp³-hybridized carbons (Fsp3) is 0.455. The second kappa shape index (κ2) is 11.9. The lowest BCUT2D eigenvalue weighted by atomic mass is 10.0. The van der Waals surface area contributed by atoms with Crippen molar-refractivity contribution < 1.29 is 38.5 Å². The SMILES string of the molecule is CC(C)OC(=O)OC(C)OC(=O)[C@@H](Cc1c[nH]c2ccccc12)NC(=O)CC[C@@H](N)C(=O)O. The highest BCUT2D eigenvalue weighted by Gasteiger charge is 2.27. The van der Waals surface area contributed by atoms with Gasteiger partial charge in [-0.05, 0) is 31.9 Å². The van der Waals surface area contributed by atoms with Crippen LogP contribution in [0.1, 0.15) is 39.2 Å². The molecule has 180 valence electrons. The number of carboxylic acids is 1. The monoisotopic (exact) mass is 463 g/mol. The first-order valence-electron chi connectivity index (χ1n) is 10.5. The summed E-state index contributed by atoms with van der Waals surface area (Å²) in [6, 6.07) is 5.12. The molecule has 2 aromatic rings. The standard InChI is InChI=1S/C22H29N3O8/c1-12(2)31-22(30)33-13(3)32-21(29)18(25-19(26)9-8-16(23)20(27)28)10-14-11-24-17-7-5-4-6-15(14)17/h4-7,11-13,16,18,24H,8-10,23H2,1-3H3,(H,25,26)(H,27,28)/t13?,16-,18-/m1/s1. The molecule has 1 heterocycles. The van der Waals surface area contributed by atoms with E-state index in [-0.39, 0.29) is 19.3 Å². The first kappa shape index (κ1) is 25.7. The summed E-state index contributed by atoms with van der Waals surface area (Å²) in [7, 11) is 0. The summed E-state index contributed by atoms with van der Waals surface area (Å²) in [6.45, 7) is 4.62. The highest BCUT2D eigenvalue weighted by molar-refractivity contribution is 5.87. The van der Waals surface area contributed by atoms with Gasteiger partial charge in [-0.1, -0.05) is 18.2 Å². The Morgan fingerprint density at radius 2 is 1.79 bits per heavy atom. The Morgan fingerprint density at radius 1 is 1.09 bits per heavy atom. The van der Waals surface area contributed by atoms with Gasteiger partial charge in [-0.25, -0.2) is 9.59 Å². The van der Waals surface area contributed by atoms with E-state index in [1.165, 1.54) is 6.92 Å². The Morgan fingerprint density at radius 3 is 2.45 bits per heavy atom. The third-order valence-corrected chi connectivity index (χ3v) is 4.59. The van der Waals surface area contributed by atoms with E-state index in [2.05, 4.69) is 10.3 Å². The van der Waals surface area contributed by atoms with Gasteiger partial charge in [-0.3, -0.25) is 9.59 Å². The molecule has 5 N–H and O–H groups in total. The number of carbonyl (C=O) groups is 4. The number of H-pyrrole nitrogens is 1. The molecule has 0 aliphatic carbocycles. The maximum Gasteiger partial charge on any atom is 0.511 e. The van der Waals surface area contributed by atoms with Crippen LogP contribution in [0.15, 0.2) is 30.5 Å². The molecule has 2 rings (SSSR count). The highest BCUT2D eigenvalue weighted by atomic mass is 16.8. The molecule has 1 unspecified atom stereocenters. The van der Waals surface area contributed by atoms with Crippen molar-refractivity contribution in [3.8, 4) is 0 Å². The minimum Gasteiger partial charge on any atom is -0.480 e. The predicted octanol–water partition coefficient (Wildman–Crippen LogP) is 1.84. The molecule has 1 aromatic heterocycles. The maximum atomic E-state index is 12.8. The number of carboxylic acid groups (broad SMARTS) is 1. The zero-order chi connectivity index (χ0) is 24.5. The van der Waals surface area contributed by atoms with E-state index in [4.69, 9.17) is 25.1 Å². The fourth-order valence-corrected chi connectivity index (χ4v) is 3.02. The predicted molar refractivity (Wildman–Crippen MR) is 117 cm³/mol. The molecule has 0 spiro atoms. The molecule has 0 fully saturated rings. The van der Waals surface area contributed by atoms with Gasteiger partial charge >= 0.3 is 18.1 Å². The van der Waals surface area contributed by atoms with Crippen LogP contribution in [0.3, 0.4) is 0 Å². The smallest absolute Gasteiger partial charge is 0.480 e. The number of fused-ring (bicyclic) bond motifs is 1. The van der Waals surface area contributed by atoms with Crippen molar-refractivity contribution in [2.45, 2.75) is 64.5 Å². The van der Waals surface area contributed by atoms with E-state index in [1.807, 2.05) is 24.3 Å². The number of hydrogen-bond donors (Lipinski definition) is 4. The molecule has 0 saturated heterocycles. The van der Waals surface area contributed by atoms with E-state index in [9.17, 15) is 19.2 Å². The normalized spacial score (nSPS) is 13.7. The summed E-state index contributed by atoms with van der Waals surface area (Å²) < 4.78 is 14.9. The number of aliphatic carboxylic acids is 1. The first-order chi connectivity index (χ1) is 15.6. The second-order valence-electron chi connectivity index (χ2n) is 7.71. The van der Waals surface area contributed by atoms with Gasteiger partial charge in [0.1, 0.15) is 12.1 Å². The minimum atomic E-state index is -1.26. The van der Waals surface area contributed by atoms with E-state index >= 15 is 0 Å². The molecule has 3 atom stereocenters. The Bertz CT molecular complexity index is 987. The average Bonchev–Trinajstić information content (AvgIpc) is 3.13. The summed E-state index contributed by atoms with van der Waals surface area (Å²) in [5.41, 5.74) is 7.04. The molecule has 0 saturated carbocycles. The molecule has 0 bridgehead atoms. The van der Waals surface area contributed by atoms with Crippen LogP contribution in [0.2, 0.25) is 0 Å². The number of para-hydroxylation sites is 1. The molecular formula is C22H29N3O8. The minimum absolute atomic E-state index is 0.0860. The number of ether oxygens (including phenoxy) is 3. The fourth-order valence-electron chi connectivity index (χ4n) is 3.02. The maximum absolute atomic E-state index is 12.8. The second-order valence-corrected chi connectivity index (χ2v) is 7.71. The summed E-state index contributed by atoms with van der Waals surface area (Å²) in [5.74, 6) is -2.63. The topological polar surface area (TPSA) is 170 Å². The van der Waals surface area contributed by atoms with Gasteiger partial charge in [0.05, 0.1) is 6.10 Å². The molecule has 0 radical (unpaired) electrons. The molecule has 0 aliphatic heterocycles. The molecule has 11 nitrogen and oxygen atoms in total. The number of rotatable bonds is 11. The van der Waals surface area contributed by atoms with E-state index in [0.29, 0.717) is 0 Å². The van der Waals surface area contributed by atoms with Crippen LogP contribution in [0.5, 0.6) is 0 Å². The van der Waals surface area contributed by atoms with Gasteiger partial charge in [0.2, 0.25) is 12.2 Å². The van der Waals surface area contributed by atoms with Crippen LogP contribution in [-0.2, 0) is 35.0 Å². The number of amides is 1. The molecule has 1 aromatic carbocycles. The number of aromatic nitrogens is 1. The average molecular weight is 463 g/mol. The summed E-state index contributed by atoms with van der Waals surface area (Å²) in [4.78, 5) is 50.8. The molecule has 33 heavy (non-hydrogen) atoms. The summed E-state index contributed by atoms with van der Waals surface area (Å²) in [6.07, 6.45) is -1.16. The zero-order valence-electron chi connectivity index (χ0n) is 18.7. The van der Waals surface area contributed by atoms with Crippen LogP contribution >= 0.6 is 0 Å². The Labute approximate surface area is 190 Å². The number of esters is 1. The Balaban J connectivity index is 2.10. The number of benzene rings is 1. The van der Waals surface area contributed by atoms with Crippen LogP contribution in [0.25, 0.3) is 10.9 Å². The first-order valence-corrected chi connectivity index (χ1v) is 10.5. The molecule has 1 amide bonds. The summed E-state index contributed by atoms with van der Waals surface area (Å²) in [5, 5.41) is 12.3. The third kappa shape index (κ3) is 8.11. The van der Waals surface area contributed by atoms with Gasteiger partial charge < -0.3 is 35.4 Å². The van der Waals surface area contributed by atoms with E-state index in [0.717, 1.165) is 16.5 Å². The van der Waals surface area contributed by atoms with Crippen molar-refractivity contribution in [1.29, 1.82) is 0 Å². The van der Waals surface area contributed by atoms with Gasteiger partial charge in [-0.2, -0.15) is 0 Å². The third-order valence-electron chi connectivity index (χ3n) is 4.59. The van der Waals surface area contributed by atoms with Crippen LogP contribution in [-0.4, -0.2) is 58.6 Å². The number of carbonyl (C=O) groups excluding carboxylic acids is 3. The van der Waals surface area contributed by atoms with E-state index in [1.54, 1.807) is 20.0 Å². The summed E-state index contributed by atoms with van der Waals surface area (Å²) >= 11 is 0. The lowest BCUT2D eigenvalue weighted by Crippen LogP contribution is -2.45. The quantitative estimate of drug-likeness (QED) is 0.287. The number of nitrogens with one attached hydrogen (secondary N) is 2. The van der Waals surface area contributed by atoms with Crippen LogP contribution < -0.4 is 11.1 Å². The zero-order valence-corrected chi connectivity index (χ0v) is 18.7. The lowest BCUT2D eigenvalue weighted by molar-refractivity contribution is -0.171. The highest BCUT2D eigenvalue weighted by Crippen LogP contribution is 2.20.